The Morgan fingerprint density at radius 2 is 1.87 bits per heavy atom. The topological polar surface area (TPSA) is 127 Å². The highest BCUT2D eigenvalue weighted by molar-refractivity contribution is 8.01. The van der Waals surface area contributed by atoms with E-state index in [9.17, 15) is 13.2 Å². The fraction of sp³-hybridized carbons (Fsp3) is 0.211. The summed E-state index contributed by atoms with van der Waals surface area (Å²) in [6, 6.07) is 12.1. The van der Waals surface area contributed by atoms with Crippen LogP contribution < -0.4 is 15.8 Å². The minimum absolute atomic E-state index is 0.0367. The molecule has 0 saturated heterocycles. The third-order valence-corrected chi connectivity index (χ3v) is 7.22. The third kappa shape index (κ3) is 6.02. The number of anilines is 2. The average molecular weight is 464 g/mol. The summed E-state index contributed by atoms with van der Waals surface area (Å²) in [6.07, 6.45) is 0. The molecule has 1 heterocycles. The number of sulfonamides is 1. The van der Waals surface area contributed by atoms with Crippen molar-refractivity contribution in [2.75, 3.05) is 11.1 Å². The van der Waals surface area contributed by atoms with Crippen LogP contribution in [0.5, 0.6) is 0 Å². The van der Waals surface area contributed by atoms with Crippen molar-refractivity contribution in [1.29, 1.82) is 0 Å². The van der Waals surface area contributed by atoms with Crippen molar-refractivity contribution in [3.8, 4) is 0 Å². The number of hydrogen-bond donors (Lipinski definition) is 3. The first-order valence-corrected chi connectivity index (χ1v) is 12.3. The van der Waals surface area contributed by atoms with Crippen LogP contribution in [-0.2, 0) is 21.4 Å². The first kappa shape index (κ1) is 22.2. The SMILES string of the molecule is Cc1cccc(Nc2nnc(SCC(=O)NCc3ccc(S(N)(=O)=O)cc3)s2)c1C. The van der Waals surface area contributed by atoms with Gasteiger partial charge in [0.05, 0.1) is 10.6 Å². The van der Waals surface area contributed by atoms with Crippen LogP contribution in [0.3, 0.4) is 0 Å². The molecule has 0 aliphatic heterocycles. The molecule has 1 aromatic heterocycles. The van der Waals surface area contributed by atoms with Gasteiger partial charge in [0.2, 0.25) is 21.1 Å². The van der Waals surface area contributed by atoms with Crippen molar-refractivity contribution in [3.05, 3.63) is 59.2 Å². The van der Waals surface area contributed by atoms with Crippen molar-refractivity contribution in [3.63, 3.8) is 0 Å². The normalized spacial score (nSPS) is 11.3. The lowest BCUT2D eigenvalue weighted by molar-refractivity contribution is -0.118. The molecule has 0 unspecified atom stereocenters. The maximum absolute atomic E-state index is 12.1. The number of nitrogens with zero attached hydrogens (tertiary/aromatic N) is 2. The van der Waals surface area contributed by atoms with Gasteiger partial charge in [0.15, 0.2) is 4.34 Å². The van der Waals surface area contributed by atoms with E-state index in [-0.39, 0.29) is 16.6 Å². The first-order valence-electron chi connectivity index (χ1n) is 8.90. The van der Waals surface area contributed by atoms with E-state index in [1.54, 1.807) is 12.1 Å². The second-order valence-electron chi connectivity index (χ2n) is 6.50. The number of primary sulfonamides is 1. The number of aromatic nitrogens is 2. The molecule has 30 heavy (non-hydrogen) atoms. The highest BCUT2D eigenvalue weighted by atomic mass is 32.2. The summed E-state index contributed by atoms with van der Waals surface area (Å²) >= 11 is 2.69. The summed E-state index contributed by atoms with van der Waals surface area (Å²) in [7, 11) is -3.72. The Morgan fingerprint density at radius 1 is 1.13 bits per heavy atom. The highest BCUT2D eigenvalue weighted by Gasteiger charge is 2.10. The molecule has 158 valence electrons. The minimum atomic E-state index is -3.72. The van der Waals surface area contributed by atoms with Gasteiger partial charge in [-0.15, -0.1) is 10.2 Å². The summed E-state index contributed by atoms with van der Waals surface area (Å²) < 4.78 is 23.2. The Balaban J connectivity index is 1.48. The number of thioether (sulfide) groups is 1. The molecule has 0 fully saturated rings. The molecule has 0 bridgehead atoms. The first-order chi connectivity index (χ1) is 14.2. The standard InChI is InChI=1S/C19H21N5O3S3/c1-12-4-3-5-16(13(12)2)22-18-23-24-19(29-18)28-11-17(25)21-10-14-6-8-15(9-7-14)30(20,26)27/h3-9H,10-11H2,1-2H3,(H,21,25)(H,22,23)(H2,20,26,27). The molecule has 0 aliphatic carbocycles. The summed E-state index contributed by atoms with van der Waals surface area (Å²) in [6.45, 7) is 4.38. The van der Waals surface area contributed by atoms with E-state index in [2.05, 4.69) is 33.8 Å². The van der Waals surface area contributed by atoms with Crippen LogP contribution in [0.25, 0.3) is 0 Å². The molecule has 8 nitrogen and oxygen atoms in total. The largest absolute Gasteiger partial charge is 0.351 e. The van der Waals surface area contributed by atoms with Gasteiger partial charge in [0, 0.05) is 12.2 Å². The Kier molecular flexibility index (Phi) is 7.08. The van der Waals surface area contributed by atoms with Crippen LogP contribution in [0.1, 0.15) is 16.7 Å². The number of nitrogens with two attached hydrogens (primary N) is 1. The molecule has 0 aliphatic rings. The molecule has 4 N–H and O–H groups in total. The molecular weight excluding hydrogens is 442 g/mol. The molecule has 0 atom stereocenters. The van der Waals surface area contributed by atoms with E-state index in [1.807, 2.05) is 19.1 Å². The fourth-order valence-electron chi connectivity index (χ4n) is 2.50. The van der Waals surface area contributed by atoms with Gasteiger partial charge in [-0.05, 0) is 48.7 Å². The molecule has 2 aromatic carbocycles. The lowest BCUT2D eigenvalue weighted by Crippen LogP contribution is -2.24. The highest BCUT2D eigenvalue weighted by Crippen LogP contribution is 2.29. The molecular formula is C19H21N5O3S3. The molecule has 1 amide bonds. The van der Waals surface area contributed by atoms with E-state index in [0.29, 0.717) is 16.0 Å². The minimum Gasteiger partial charge on any atom is -0.351 e. The van der Waals surface area contributed by atoms with E-state index in [4.69, 9.17) is 5.14 Å². The number of amides is 1. The van der Waals surface area contributed by atoms with Gasteiger partial charge >= 0.3 is 0 Å². The molecule has 3 aromatic rings. The number of carbonyl (C=O) groups excluding carboxylic acids is 1. The van der Waals surface area contributed by atoms with Crippen LogP contribution in [0.15, 0.2) is 51.7 Å². The van der Waals surface area contributed by atoms with Gasteiger partial charge in [0.25, 0.3) is 0 Å². The van der Waals surface area contributed by atoms with Gasteiger partial charge in [-0.1, -0.05) is 47.4 Å². The van der Waals surface area contributed by atoms with Gasteiger partial charge in [-0.2, -0.15) is 0 Å². The van der Waals surface area contributed by atoms with E-state index < -0.39 is 10.0 Å². The Labute approximate surface area is 183 Å². The van der Waals surface area contributed by atoms with Crippen molar-refractivity contribution in [2.24, 2.45) is 5.14 Å². The van der Waals surface area contributed by atoms with Crippen molar-refractivity contribution < 1.29 is 13.2 Å². The van der Waals surface area contributed by atoms with Gasteiger partial charge in [-0.3, -0.25) is 4.79 Å². The summed E-state index contributed by atoms with van der Waals surface area (Å²) in [5.41, 5.74) is 4.10. The lowest BCUT2D eigenvalue weighted by Gasteiger charge is -2.08. The van der Waals surface area contributed by atoms with Crippen LogP contribution in [0, 0.1) is 13.8 Å². The fourth-order valence-corrected chi connectivity index (χ4v) is 4.61. The van der Waals surface area contributed by atoms with Crippen LogP contribution in [0.2, 0.25) is 0 Å². The number of nitrogens with one attached hydrogen (secondary N) is 2. The second kappa shape index (κ2) is 9.56. The van der Waals surface area contributed by atoms with Gasteiger partial charge in [-0.25, -0.2) is 13.6 Å². The summed E-state index contributed by atoms with van der Waals surface area (Å²) in [5, 5.41) is 20.0. The summed E-state index contributed by atoms with van der Waals surface area (Å²) in [5.74, 6) is 0.0441. The monoisotopic (exact) mass is 463 g/mol. The number of benzene rings is 2. The van der Waals surface area contributed by atoms with E-state index in [1.165, 1.54) is 40.8 Å². The van der Waals surface area contributed by atoms with Crippen molar-refractivity contribution in [2.45, 2.75) is 29.6 Å². The Hall–Kier alpha value is -2.47. The third-order valence-electron chi connectivity index (χ3n) is 4.32. The zero-order valence-electron chi connectivity index (χ0n) is 16.4. The van der Waals surface area contributed by atoms with E-state index in [0.717, 1.165) is 16.8 Å². The van der Waals surface area contributed by atoms with Crippen LogP contribution >= 0.6 is 23.1 Å². The van der Waals surface area contributed by atoms with Crippen LogP contribution in [0.4, 0.5) is 10.8 Å². The van der Waals surface area contributed by atoms with E-state index >= 15 is 0 Å². The number of hydrogen-bond acceptors (Lipinski definition) is 8. The molecule has 11 heteroatoms. The zero-order valence-corrected chi connectivity index (χ0v) is 18.8. The zero-order chi connectivity index (χ0) is 21.7. The quantitative estimate of drug-likeness (QED) is 0.438. The average Bonchev–Trinajstić information content (AvgIpc) is 3.15. The van der Waals surface area contributed by atoms with Crippen molar-refractivity contribution >= 4 is 49.8 Å². The molecule has 0 spiro atoms. The van der Waals surface area contributed by atoms with Crippen molar-refractivity contribution in [1.82, 2.24) is 15.5 Å². The number of rotatable bonds is 8. The number of carbonyl (C=O) groups is 1. The summed E-state index contributed by atoms with van der Waals surface area (Å²) in [4.78, 5) is 12.1. The van der Waals surface area contributed by atoms with Crippen LogP contribution in [-0.4, -0.2) is 30.3 Å². The maximum Gasteiger partial charge on any atom is 0.238 e. The maximum atomic E-state index is 12.1. The molecule has 3 rings (SSSR count). The molecule has 0 saturated carbocycles. The molecule has 0 radical (unpaired) electrons. The lowest BCUT2D eigenvalue weighted by atomic mass is 10.1. The van der Waals surface area contributed by atoms with Gasteiger partial charge < -0.3 is 10.6 Å². The predicted molar refractivity (Wildman–Crippen MR) is 119 cm³/mol. The predicted octanol–water partition coefficient (Wildman–Crippen LogP) is 2.95. The second-order valence-corrected chi connectivity index (χ2v) is 10.3. The van der Waals surface area contributed by atoms with Gasteiger partial charge in [0.1, 0.15) is 0 Å². The number of aryl methyl sites for hydroxylation is 1. The Morgan fingerprint density at radius 3 is 2.57 bits per heavy atom. The smallest absolute Gasteiger partial charge is 0.238 e. The Bertz CT molecular complexity index is 1140.